The largest absolute Gasteiger partial charge is 0.496 e. The summed E-state index contributed by atoms with van der Waals surface area (Å²) in [6.07, 6.45) is 0. The molecular weight excluding hydrogens is 349 g/mol. The van der Waals surface area contributed by atoms with Crippen LogP contribution in [0, 0.1) is 0 Å². The van der Waals surface area contributed by atoms with E-state index in [2.05, 4.69) is 15.9 Å². The summed E-state index contributed by atoms with van der Waals surface area (Å²) in [6, 6.07) is 3.68. The lowest BCUT2D eigenvalue weighted by Crippen LogP contribution is -2.41. The fourth-order valence-corrected chi connectivity index (χ4v) is 2.81. The summed E-state index contributed by atoms with van der Waals surface area (Å²) in [5.74, 6) is 0.857. The van der Waals surface area contributed by atoms with E-state index in [9.17, 15) is 0 Å². The van der Waals surface area contributed by atoms with Gasteiger partial charge in [-0.3, -0.25) is 0 Å². The Hall–Kier alpha value is -0.755. The quantitative estimate of drug-likeness (QED) is 0.824. The predicted molar refractivity (Wildman–Crippen MR) is 90.3 cm³/mol. The van der Waals surface area contributed by atoms with Crippen LogP contribution in [0.2, 0.25) is 0 Å². The molecule has 7 heteroatoms. The fourth-order valence-electron chi connectivity index (χ4n) is 2.33. The third-order valence-electron chi connectivity index (χ3n) is 4.43. The molecule has 1 aliphatic rings. The highest BCUT2D eigenvalue weighted by Crippen LogP contribution is 2.42. The maximum atomic E-state index is 6.39. The van der Waals surface area contributed by atoms with E-state index in [-0.39, 0.29) is 0 Å². The lowest BCUT2D eigenvalue weighted by molar-refractivity contribution is 0.00578. The van der Waals surface area contributed by atoms with Crippen LogP contribution in [0.5, 0.6) is 11.5 Å². The first-order valence-electron chi connectivity index (χ1n) is 7.15. The summed E-state index contributed by atoms with van der Waals surface area (Å²) in [4.78, 5) is 0. The average Bonchev–Trinajstić information content (AvgIpc) is 2.66. The lowest BCUT2D eigenvalue weighted by Gasteiger charge is -2.32. The van der Waals surface area contributed by atoms with Crippen LogP contribution < -0.4 is 15.2 Å². The van der Waals surface area contributed by atoms with Crippen LogP contribution in [0.1, 0.15) is 39.2 Å². The molecule has 0 spiro atoms. The number of nitrogens with two attached hydrogens (primary N) is 1. The zero-order chi connectivity index (χ0) is 16.7. The standard InChI is InChI=1S/C15H23BBrNO4/c1-14(2)15(3,4)22-16(21-14)13(18)9-7-12(20-6)10(17)8-11(9)19-5/h7-8,13H,18H2,1-6H3/t13-/m1/s1. The first kappa shape index (κ1) is 17.6. The summed E-state index contributed by atoms with van der Waals surface area (Å²) < 4.78 is 23.6. The van der Waals surface area contributed by atoms with Gasteiger partial charge in [0.25, 0.3) is 0 Å². The Balaban J connectivity index is 2.36. The van der Waals surface area contributed by atoms with E-state index in [0.29, 0.717) is 11.5 Å². The fraction of sp³-hybridized carbons (Fsp3) is 0.600. The molecular formula is C15H23BBrNO4. The molecule has 0 aliphatic carbocycles. The minimum atomic E-state index is -0.551. The highest BCUT2D eigenvalue weighted by atomic mass is 79.9. The van der Waals surface area contributed by atoms with Gasteiger partial charge in [-0.15, -0.1) is 0 Å². The molecule has 122 valence electrons. The molecule has 1 atom stereocenters. The third kappa shape index (κ3) is 3.00. The Morgan fingerprint density at radius 1 is 1.05 bits per heavy atom. The van der Waals surface area contributed by atoms with E-state index >= 15 is 0 Å². The Morgan fingerprint density at radius 3 is 2.00 bits per heavy atom. The normalized spacial score (nSPS) is 20.8. The van der Waals surface area contributed by atoms with Crippen molar-refractivity contribution < 1.29 is 18.8 Å². The van der Waals surface area contributed by atoms with Gasteiger partial charge in [-0.05, 0) is 55.8 Å². The van der Waals surface area contributed by atoms with Crippen molar-refractivity contribution in [3.63, 3.8) is 0 Å². The van der Waals surface area contributed by atoms with Crippen molar-refractivity contribution in [1.29, 1.82) is 0 Å². The van der Waals surface area contributed by atoms with Gasteiger partial charge in [-0.1, -0.05) is 0 Å². The number of benzene rings is 1. The molecule has 5 nitrogen and oxygen atoms in total. The first-order chi connectivity index (χ1) is 10.1. The van der Waals surface area contributed by atoms with Gasteiger partial charge in [-0.2, -0.15) is 0 Å². The molecule has 0 saturated carbocycles. The van der Waals surface area contributed by atoms with Crippen molar-refractivity contribution in [3.8, 4) is 11.5 Å². The van der Waals surface area contributed by atoms with Crippen LogP contribution in [0.4, 0.5) is 0 Å². The SMILES string of the molecule is COc1cc([C@@H](N)B2OC(C)(C)C(C)(C)O2)c(OC)cc1Br. The smallest absolute Gasteiger partial charge is 0.480 e. The summed E-state index contributed by atoms with van der Waals surface area (Å²) in [7, 11) is 2.66. The number of rotatable bonds is 4. The average molecular weight is 372 g/mol. The summed E-state index contributed by atoms with van der Waals surface area (Å²) in [6.45, 7) is 8.00. The van der Waals surface area contributed by atoms with Gasteiger partial charge in [0.15, 0.2) is 0 Å². The maximum Gasteiger partial charge on any atom is 0.480 e. The number of methoxy groups -OCH3 is 2. The van der Waals surface area contributed by atoms with Crippen LogP contribution in [0.15, 0.2) is 16.6 Å². The van der Waals surface area contributed by atoms with Crippen molar-refractivity contribution in [2.75, 3.05) is 14.2 Å². The topological polar surface area (TPSA) is 62.9 Å². The minimum Gasteiger partial charge on any atom is -0.496 e. The highest BCUT2D eigenvalue weighted by Gasteiger charge is 2.53. The molecule has 1 saturated heterocycles. The molecule has 1 aliphatic heterocycles. The summed E-state index contributed by atoms with van der Waals surface area (Å²) in [5, 5.41) is 0. The van der Waals surface area contributed by atoms with Crippen molar-refractivity contribution >= 4 is 23.0 Å². The monoisotopic (exact) mass is 371 g/mol. The molecule has 0 radical (unpaired) electrons. The van der Waals surface area contributed by atoms with Crippen LogP contribution in [0.25, 0.3) is 0 Å². The third-order valence-corrected chi connectivity index (χ3v) is 5.05. The van der Waals surface area contributed by atoms with Crippen LogP contribution in [-0.2, 0) is 9.31 Å². The zero-order valence-electron chi connectivity index (χ0n) is 13.9. The van der Waals surface area contributed by atoms with Crippen molar-refractivity contribution in [1.82, 2.24) is 0 Å². The second-order valence-corrected chi connectivity index (χ2v) is 7.23. The second kappa shape index (κ2) is 6.04. The molecule has 1 heterocycles. The van der Waals surface area contributed by atoms with Gasteiger partial charge in [0, 0.05) is 5.56 Å². The molecule has 2 N–H and O–H groups in total. The molecule has 0 bridgehead atoms. The highest BCUT2D eigenvalue weighted by molar-refractivity contribution is 9.10. The predicted octanol–water partition coefficient (Wildman–Crippen LogP) is 3.10. The molecule has 1 aromatic carbocycles. The Morgan fingerprint density at radius 2 is 1.55 bits per heavy atom. The van der Waals surface area contributed by atoms with E-state index < -0.39 is 24.3 Å². The molecule has 0 aromatic heterocycles. The van der Waals surface area contributed by atoms with Crippen LogP contribution in [0.3, 0.4) is 0 Å². The Bertz CT molecular complexity index is 549. The zero-order valence-corrected chi connectivity index (χ0v) is 15.5. The van der Waals surface area contributed by atoms with Gasteiger partial charge < -0.3 is 24.5 Å². The van der Waals surface area contributed by atoms with Gasteiger partial charge in [0.2, 0.25) is 0 Å². The van der Waals surface area contributed by atoms with E-state index in [0.717, 1.165) is 10.0 Å². The number of hydrogen-bond acceptors (Lipinski definition) is 5. The van der Waals surface area contributed by atoms with E-state index in [1.165, 1.54) is 0 Å². The minimum absolute atomic E-state index is 0.429. The van der Waals surface area contributed by atoms with Gasteiger partial charge in [0.1, 0.15) is 11.5 Å². The maximum absolute atomic E-state index is 6.39. The van der Waals surface area contributed by atoms with Crippen molar-refractivity contribution in [2.45, 2.75) is 44.8 Å². The van der Waals surface area contributed by atoms with Gasteiger partial charge >= 0.3 is 7.12 Å². The van der Waals surface area contributed by atoms with E-state index in [1.807, 2.05) is 39.8 Å². The van der Waals surface area contributed by atoms with Crippen molar-refractivity contribution in [3.05, 3.63) is 22.2 Å². The molecule has 0 amide bonds. The van der Waals surface area contributed by atoms with Crippen LogP contribution in [-0.4, -0.2) is 32.5 Å². The number of halogens is 1. The number of hydrogen-bond donors (Lipinski definition) is 1. The molecule has 2 rings (SSSR count). The van der Waals surface area contributed by atoms with E-state index in [4.69, 9.17) is 24.5 Å². The Labute approximate surface area is 140 Å². The van der Waals surface area contributed by atoms with Gasteiger partial charge in [-0.25, -0.2) is 0 Å². The first-order valence-corrected chi connectivity index (χ1v) is 7.95. The lowest BCUT2D eigenvalue weighted by atomic mass is 9.74. The second-order valence-electron chi connectivity index (χ2n) is 6.38. The number of ether oxygens (including phenoxy) is 2. The molecule has 22 heavy (non-hydrogen) atoms. The Kier molecular flexibility index (Phi) is 4.83. The van der Waals surface area contributed by atoms with Gasteiger partial charge in [0.05, 0.1) is 35.8 Å². The molecule has 1 fully saturated rings. The van der Waals surface area contributed by atoms with E-state index in [1.54, 1.807) is 14.2 Å². The van der Waals surface area contributed by atoms with Crippen molar-refractivity contribution in [2.24, 2.45) is 5.73 Å². The molecule has 0 unspecified atom stereocenters. The summed E-state index contributed by atoms with van der Waals surface area (Å²) >= 11 is 3.44. The molecule has 1 aromatic rings. The van der Waals surface area contributed by atoms with Crippen LogP contribution >= 0.6 is 15.9 Å². The summed E-state index contributed by atoms with van der Waals surface area (Å²) in [5.41, 5.74) is 6.31.